The first-order chi connectivity index (χ1) is 19.1. The number of pyridine rings is 1. The van der Waals surface area contributed by atoms with Gasteiger partial charge in [-0.05, 0) is 93.2 Å². The van der Waals surface area contributed by atoms with Gasteiger partial charge < -0.3 is 14.8 Å². The van der Waals surface area contributed by atoms with E-state index in [1.54, 1.807) is 11.6 Å². The lowest BCUT2D eigenvalue weighted by Gasteiger charge is -2.32. The van der Waals surface area contributed by atoms with Gasteiger partial charge >= 0.3 is 0 Å². The van der Waals surface area contributed by atoms with E-state index in [4.69, 9.17) is 14.9 Å². The predicted octanol–water partition coefficient (Wildman–Crippen LogP) is 7.73. The third-order valence-electron chi connectivity index (χ3n) is 8.28. The fourth-order valence-electron chi connectivity index (χ4n) is 5.68. The van der Waals surface area contributed by atoms with Crippen LogP contribution in [0.2, 0.25) is 0 Å². The normalized spacial score (nSPS) is 16.6. The lowest BCUT2D eigenvalue weighted by molar-refractivity contribution is -0.122. The quantitative estimate of drug-likeness (QED) is 0.254. The van der Waals surface area contributed by atoms with E-state index >= 15 is 4.39 Å². The first kappa shape index (κ1) is 25.4. The molecule has 2 N–H and O–H groups in total. The molecule has 0 radical (unpaired) electrons. The molecule has 3 aliphatic rings. The molecule has 0 unspecified atom stereocenters. The Morgan fingerprint density at radius 3 is 2.36 bits per heavy atom. The van der Waals surface area contributed by atoms with Crippen molar-refractivity contribution < 1.29 is 14.3 Å². The molecule has 200 valence electrons. The van der Waals surface area contributed by atoms with Crippen molar-refractivity contribution in [3.05, 3.63) is 89.0 Å². The van der Waals surface area contributed by atoms with Crippen LogP contribution in [0.25, 0.3) is 33.7 Å². The second kappa shape index (κ2) is 10.7. The zero-order valence-corrected chi connectivity index (χ0v) is 22.3. The minimum absolute atomic E-state index is 0.180. The summed E-state index contributed by atoms with van der Waals surface area (Å²) in [5.74, 6) is 0.328. The van der Waals surface area contributed by atoms with E-state index in [1.165, 1.54) is 68.3 Å². The highest BCUT2D eigenvalue weighted by atomic mass is 19.1. The molecule has 7 rings (SSSR count). The number of imidazole rings is 1. The number of nitrogens with one attached hydrogen (secondary N) is 1. The molecule has 6 heteroatoms. The summed E-state index contributed by atoms with van der Waals surface area (Å²) in [6.07, 6.45) is 12.1. The van der Waals surface area contributed by atoms with Crippen LogP contribution in [0, 0.1) is 12.7 Å². The Labute approximate surface area is 228 Å². The maximum absolute atomic E-state index is 15.1. The van der Waals surface area contributed by atoms with Crippen LogP contribution in [-0.4, -0.2) is 27.0 Å². The van der Waals surface area contributed by atoms with Gasteiger partial charge in [-0.25, -0.2) is 9.37 Å². The summed E-state index contributed by atoms with van der Waals surface area (Å²) < 4.78 is 17.3. The number of hydrogen-bond donors (Lipinski definition) is 2. The summed E-state index contributed by atoms with van der Waals surface area (Å²) in [4.78, 5) is 13.6. The van der Waals surface area contributed by atoms with Crippen molar-refractivity contribution in [2.24, 2.45) is 0 Å². The Balaban J connectivity index is 0.000000883. The van der Waals surface area contributed by atoms with E-state index in [0.29, 0.717) is 17.5 Å². The summed E-state index contributed by atoms with van der Waals surface area (Å²) >= 11 is 0. The van der Waals surface area contributed by atoms with Gasteiger partial charge in [-0.15, -0.1) is 0 Å². The van der Waals surface area contributed by atoms with E-state index < -0.39 is 0 Å². The fourth-order valence-corrected chi connectivity index (χ4v) is 5.68. The van der Waals surface area contributed by atoms with Crippen molar-refractivity contribution in [1.29, 1.82) is 0 Å². The highest BCUT2D eigenvalue weighted by molar-refractivity contribution is 5.85. The van der Waals surface area contributed by atoms with Crippen LogP contribution in [0.15, 0.2) is 66.4 Å². The number of nitrogens with zero attached hydrogens (tertiary/aromatic N) is 2. The SMILES string of the molecule is Cc1ccc(-c2ccccc2-c2nc3cc(C(NC4CCC4)=C4CCC4)ccn3c2C2CC2)c(F)c1.O=CO. The van der Waals surface area contributed by atoms with Gasteiger partial charge in [0.25, 0.3) is 6.47 Å². The van der Waals surface area contributed by atoms with Crippen molar-refractivity contribution in [3.8, 4) is 22.4 Å². The molecule has 2 aromatic carbocycles. The van der Waals surface area contributed by atoms with Crippen LogP contribution in [0.1, 0.15) is 74.1 Å². The van der Waals surface area contributed by atoms with Crippen LogP contribution < -0.4 is 5.32 Å². The predicted molar refractivity (Wildman–Crippen MR) is 153 cm³/mol. The van der Waals surface area contributed by atoms with Crippen LogP contribution >= 0.6 is 0 Å². The standard InChI is InChI=1S/C32H32FN3.CH2O2/c1-20-12-15-26(28(33)18-20)25-10-2-3-11-27(25)31-32(22-13-14-22)36-17-16-23(19-29(36)35-31)30(21-6-4-7-21)34-24-8-5-9-24;2-1-3/h2-3,10-12,15-19,22,24,34H,4-9,13-14H2,1H3;1H,(H,2,3). The molecule has 3 aliphatic carbocycles. The number of fused-ring (bicyclic) bond motifs is 1. The van der Waals surface area contributed by atoms with Crippen molar-refractivity contribution in [2.45, 2.75) is 70.3 Å². The molecular weight excluding hydrogens is 489 g/mol. The second-order valence-corrected chi connectivity index (χ2v) is 11.0. The van der Waals surface area contributed by atoms with Gasteiger partial charge in [0.15, 0.2) is 0 Å². The van der Waals surface area contributed by atoms with Gasteiger partial charge in [-0.2, -0.15) is 0 Å². The molecule has 0 atom stereocenters. The van der Waals surface area contributed by atoms with Gasteiger partial charge in [0.05, 0.1) is 11.4 Å². The molecular formula is C33H34FN3O2. The molecule has 3 fully saturated rings. The molecule has 4 aromatic rings. The number of halogens is 1. The topological polar surface area (TPSA) is 66.6 Å². The van der Waals surface area contributed by atoms with Crippen molar-refractivity contribution in [3.63, 3.8) is 0 Å². The first-order valence-electron chi connectivity index (χ1n) is 14.0. The van der Waals surface area contributed by atoms with Gasteiger partial charge in [-0.1, -0.05) is 36.4 Å². The van der Waals surface area contributed by atoms with Gasteiger partial charge in [-0.3, -0.25) is 4.79 Å². The summed E-state index contributed by atoms with van der Waals surface area (Å²) in [6, 6.07) is 18.8. The third kappa shape index (κ3) is 4.96. The highest BCUT2D eigenvalue weighted by Gasteiger charge is 2.32. The maximum Gasteiger partial charge on any atom is 0.290 e. The van der Waals surface area contributed by atoms with Crippen LogP contribution in [0.4, 0.5) is 4.39 Å². The molecule has 0 spiro atoms. The van der Waals surface area contributed by atoms with Crippen LogP contribution in [0.3, 0.4) is 0 Å². The van der Waals surface area contributed by atoms with Gasteiger partial charge in [0, 0.05) is 40.5 Å². The Bertz CT molecular complexity index is 1560. The smallest absolute Gasteiger partial charge is 0.290 e. The Hall–Kier alpha value is -3.93. The number of carbonyl (C=O) groups is 1. The summed E-state index contributed by atoms with van der Waals surface area (Å²) in [7, 11) is 0. The fraction of sp³-hybridized carbons (Fsp3) is 0.333. The molecule has 2 aromatic heterocycles. The zero-order chi connectivity index (χ0) is 26.9. The summed E-state index contributed by atoms with van der Waals surface area (Å²) in [6.45, 7) is 1.68. The monoisotopic (exact) mass is 523 g/mol. The molecule has 3 saturated carbocycles. The molecule has 0 amide bonds. The number of allylic oxidation sites excluding steroid dienone is 1. The number of aromatic nitrogens is 2. The highest BCUT2D eigenvalue weighted by Crippen LogP contribution is 2.46. The average molecular weight is 524 g/mol. The molecule has 0 saturated heterocycles. The maximum atomic E-state index is 15.1. The molecule has 0 bridgehead atoms. The van der Waals surface area contributed by atoms with E-state index in [-0.39, 0.29) is 12.3 Å². The van der Waals surface area contributed by atoms with Gasteiger partial charge in [0.1, 0.15) is 11.5 Å². The average Bonchev–Trinajstić information content (AvgIpc) is 3.64. The Kier molecular flexibility index (Phi) is 6.94. The van der Waals surface area contributed by atoms with Gasteiger partial charge in [0.2, 0.25) is 0 Å². The zero-order valence-electron chi connectivity index (χ0n) is 22.3. The molecule has 5 nitrogen and oxygen atoms in total. The van der Waals surface area contributed by atoms with E-state index in [2.05, 4.69) is 34.1 Å². The van der Waals surface area contributed by atoms with Crippen molar-refractivity contribution >= 4 is 17.8 Å². The number of aryl methyl sites for hydroxylation is 1. The number of hydrogen-bond acceptors (Lipinski definition) is 3. The van der Waals surface area contributed by atoms with E-state index in [1.807, 2.05) is 37.3 Å². The minimum Gasteiger partial charge on any atom is -0.483 e. The van der Waals surface area contributed by atoms with Crippen LogP contribution in [0.5, 0.6) is 0 Å². The summed E-state index contributed by atoms with van der Waals surface area (Å²) in [5, 5.41) is 10.8. The first-order valence-corrected chi connectivity index (χ1v) is 14.0. The number of carboxylic acid groups (broad SMARTS) is 1. The third-order valence-corrected chi connectivity index (χ3v) is 8.28. The minimum atomic E-state index is -0.250. The lowest BCUT2D eigenvalue weighted by Crippen LogP contribution is -2.35. The molecule has 39 heavy (non-hydrogen) atoms. The second-order valence-electron chi connectivity index (χ2n) is 11.0. The van der Waals surface area contributed by atoms with Crippen LogP contribution in [-0.2, 0) is 4.79 Å². The number of rotatable bonds is 6. The molecule has 0 aliphatic heterocycles. The lowest BCUT2D eigenvalue weighted by atomic mass is 9.86. The van der Waals surface area contributed by atoms with Crippen molar-refractivity contribution in [1.82, 2.24) is 14.7 Å². The Morgan fingerprint density at radius 2 is 1.74 bits per heavy atom. The Morgan fingerprint density at radius 1 is 1.00 bits per heavy atom. The van der Waals surface area contributed by atoms with Crippen molar-refractivity contribution in [2.75, 3.05) is 0 Å². The summed E-state index contributed by atoms with van der Waals surface area (Å²) in [5.41, 5.74) is 10.9. The largest absolute Gasteiger partial charge is 0.483 e. The number of benzene rings is 2. The molecule has 2 heterocycles. The van der Waals surface area contributed by atoms with E-state index in [0.717, 1.165) is 28.0 Å². The van der Waals surface area contributed by atoms with E-state index in [9.17, 15) is 0 Å².